The van der Waals surface area contributed by atoms with Crippen LogP contribution in [0.2, 0.25) is 0 Å². The average molecular weight is 506 g/mol. The second-order valence-electron chi connectivity index (χ2n) is 8.21. The Morgan fingerprint density at radius 1 is 1.03 bits per heavy atom. The van der Waals surface area contributed by atoms with Gasteiger partial charge < -0.3 is 5.11 Å². The molecule has 2 heterocycles. The number of halogens is 2. The molecule has 1 N–H and O–H groups in total. The van der Waals surface area contributed by atoms with Gasteiger partial charge >= 0.3 is 5.97 Å². The lowest BCUT2D eigenvalue weighted by atomic mass is 9.98. The summed E-state index contributed by atoms with van der Waals surface area (Å²) in [5, 5.41) is 9.72. The number of benzene rings is 3. The molecular formula is C28H21F2NO2S2. The van der Waals surface area contributed by atoms with Gasteiger partial charge in [-0.2, -0.15) is 0 Å². The van der Waals surface area contributed by atoms with Crippen molar-refractivity contribution >= 4 is 52.5 Å². The first-order valence-electron chi connectivity index (χ1n) is 11.1. The number of aromatic nitrogens is 1. The zero-order chi connectivity index (χ0) is 24.4. The summed E-state index contributed by atoms with van der Waals surface area (Å²) in [7, 11) is 0. The number of rotatable bonds is 6. The molecule has 0 bridgehead atoms. The van der Waals surface area contributed by atoms with Crippen molar-refractivity contribution in [2.75, 3.05) is 5.75 Å². The van der Waals surface area contributed by atoms with Gasteiger partial charge in [0.15, 0.2) is 11.6 Å². The molecule has 35 heavy (non-hydrogen) atoms. The molecular weight excluding hydrogens is 484 g/mol. The second kappa shape index (κ2) is 10.2. The van der Waals surface area contributed by atoms with Crippen molar-refractivity contribution in [1.82, 2.24) is 4.98 Å². The Hall–Kier alpha value is -3.16. The fraction of sp³-hybridized carbons (Fsp3) is 0.143. The quantitative estimate of drug-likeness (QED) is 0.293. The number of hydrogen-bond acceptors (Lipinski definition) is 4. The number of pyridine rings is 1. The minimum Gasteiger partial charge on any atom is -0.481 e. The summed E-state index contributed by atoms with van der Waals surface area (Å²) in [5.41, 5.74) is 5.69. The number of thioether (sulfide) groups is 2. The number of carboxylic acids is 1. The van der Waals surface area contributed by atoms with Crippen molar-refractivity contribution < 1.29 is 18.7 Å². The van der Waals surface area contributed by atoms with Crippen LogP contribution in [-0.4, -0.2) is 21.8 Å². The van der Waals surface area contributed by atoms with Crippen molar-refractivity contribution in [1.29, 1.82) is 0 Å². The molecule has 0 fully saturated rings. The highest BCUT2D eigenvalue weighted by molar-refractivity contribution is 8.00. The lowest BCUT2D eigenvalue weighted by molar-refractivity contribution is -0.136. The molecule has 0 amide bonds. The number of aliphatic carboxylic acids is 1. The maximum atomic E-state index is 13.6. The third-order valence-corrected chi connectivity index (χ3v) is 8.26. The fourth-order valence-electron chi connectivity index (χ4n) is 4.10. The van der Waals surface area contributed by atoms with Gasteiger partial charge in [-0.15, -0.1) is 23.5 Å². The summed E-state index contributed by atoms with van der Waals surface area (Å²) in [4.78, 5) is 16.7. The van der Waals surface area contributed by atoms with Crippen LogP contribution in [0.5, 0.6) is 0 Å². The maximum absolute atomic E-state index is 13.6. The van der Waals surface area contributed by atoms with Crippen LogP contribution >= 0.6 is 23.5 Å². The van der Waals surface area contributed by atoms with Gasteiger partial charge in [-0.1, -0.05) is 42.5 Å². The van der Waals surface area contributed by atoms with Crippen LogP contribution in [0, 0.1) is 11.6 Å². The second-order valence-corrected chi connectivity index (χ2v) is 10.4. The minimum absolute atomic E-state index is 0.0422. The number of carbonyl (C=O) groups is 1. The van der Waals surface area contributed by atoms with E-state index in [1.54, 1.807) is 35.7 Å². The molecule has 176 valence electrons. The maximum Gasteiger partial charge on any atom is 0.304 e. The number of hydrogen-bond donors (Lipinski definition) is 1. The Kier molecular flexibility index (Phi) is 6.88. The van der Waals surface area contributed by atoms with Crippen LogP contribution < -0.4 is 0 Å². The van der Waals surface area contributed by atoms with Crippen molar-refractivity contribution in [2.24, 2.45) is 0 Å². The van der Waals surface area contributed by atoms with Crippen LogP contribution in [-0.2, 0) is 10.5 Å². The first-order chi connectivity index (χ1) is 17.0. The van der Waals surface area contributed by atoms with E-state index in [0.29, 0.717) is 22.3 Å². The van der Waals surface area contributed by atoms with Crippen LogP contribution in [0.4, 0.5) is 8.78 Å². The molecule has 1 atom stereocenters. The van der Waals surface area contributed by atoms with E-state index < -0.39 is 17.6 Å². The first-order valence-corrected chi connectivity index (χ1v) is 13.1. The highest BCUT2D eigenvalue weighted by Gasteiger charge is 2.24. The van der Waals surface area contributed by atoms with E-state index in [4.69, 9.17) is 5.11 Å². The van der Waals surface area contributed by atoms with E-state index in [9.17, 15) is 13.6 Å². The average Bonchev–Trinajstić information content (AvgIpc) is 3.00. The molecule has 1 aliphatic rings. The molecule has 0 saturated heterocycles. The summed E-state index contributed by atoms with van der Waals surface area (Å²) in [6.45, 7) is 0. The van der Waals surface area contributed by atoms with Crippen molar-refractivity contribution in [3.05, 3.63) is 106 Å². The first kappa shape index (κ1) is 23.6. The summed E-state index contributed by atoms with van der Waals surface area (Å²) < 4.78 is 27.1. The van der Waals surface area contributed by atoms with Gasteiger partial charge in [0.25, 0.3) is 0 Å². The van der Waals surface area contributed by atoms with Crippen molar-refractivity contribution in [2.45, 2.75) is 22.3 Å². The van der Waals surface area contributed by atoms with Crippen molar-refractivity contribution in [3.63, 3.8) is 0 Å². The van der Waals surface area contributed by atoms with Gasteiger partial charge in [0.05, 0.1) is 22.9 Å². The van der Waals surface area contributed by atoms with Crippen LogP contribution in [0.3, 0.4) is 0 Å². The molecule has 1 aliphatic heterocycles. The zero-order valence-corrected chi connectivity index (χ0v) is 20.2. The van der Waals surface area contributed by atoms with Crippen molar-refractivity contribution in [3.8, 4) is 0 Å². The Morgan fingerprint density at radius 3 is 2.71 bits per heavy atom. The third-order valence-electron chi connectivity index (χ3n) is 5.84. The lowest BCUT2D eigenvalue weighted by Gasteiger charge is -2.20. The van der Waals surface area contributed by atoms with E-state index in [-0.39, 0.29) is 11.7 Å². The molecule has 1 unspecified atom stereocenters. The smallest absolute Gasteiger partial charge is 0.304 e. The predicted octanol–water partition coefficient (Wildman–Crippen LogP) is 7.59. The van der Waals surface area contributed by atoms with E-state index in [2.05, 4.69) is 29.2 Å². The molecule has 0 saturated carbocycles. The van der Waals surface area contributed by atoms with Crippen LogP contribution in [0.1, 0.15) is 39.6 Å². The molecule has 5 rings (SSSR count). The third kappa shape index (κ3) is 5.26. The van der Waals surface area contributed by atoms with E-state index in [0.717, 1.165) is 23.4 Å². The van der Waals surface area contributed by atoms with Gasteiger partial charge in [0.2, 0.25) is 0 Å². The summed E-state index contributed by atoms with van der Waals surface area (Å²) in [6.07, 6.45) is 3.92. The van der Waals surface area contributed by atoms with Gasteiger partial charge in [-0.3, -0.25) is 4.79 Å². The lowest BCUT2D eigenvalue weighted by Crippen LogP contribution is -2.03. The molecule has 4 aromatic rings. The predicted molar refractivity (Wildman–Crippen MR) is 140 cm³/mol. The molecule has 0 aliphatic carbocycles. The Morgan fingerprint density at radius 2 is 1.86 bits per heavy atom. The van der Waals surface area contributed by atoms with E-state index >= 15 is 0 Å². The standard InChI is InChI=1S/C28H21F2NO2S2/c29-23-14-18-7-9-20(31-25(18)15-24(23)30)8-5-17-6-10-26-22(13-17)28(34-12-11-27(32)33)21-4-2-1-3-19(21)16-35-26/h1-10,13-15,28H,11-12,16H2,(H,32,33). The Labute approximate surface area is 210 Å². The van der Waals surface area contributed by atoms with Crippen LogP contribution in [0.15, 0.2) is 71.6 Å². The number of fused-ring (bicyclic) bond motifs is 3. The number of nitrogens with zero attached hydrogens (tertiary/aromatic N) is 1. The summed E-state index contributed by atoms with van der Waals surface area (Å²) >= 11 is 3.45. The normalized spacial score (nSPS) is 15.1. The topological polar surface area (TPSA) is 50.2 Å². The van der Waals surface area contributed by atoms with E-state index in [1.807, 2.05) is 30.4 Å². The summed E-state index contributed by atoms with van der Waals surface area (Å²) in [5.74, 6) is -1.21. The monoisotopic (exact) mass is 505 g/mol. The van der Waals surface area contributed by atoms with Gasteiger partial charge in [-0.05, 0) is 52.6 Å². The SMILES string of the molecule is O=C(O)CCSC1c2ccccc2CSc2ccc(C=Cc3ccc4cc(F)c(F)cc4n3)cc21. The van der Waals surface area contributed by atoms with E-state index in [1.165, 1.54) is 21.6 Å². The minimum atomic E-state index is -0.916. The molecule has 0 spiro atoms. The Bertz CT molecular complexity index is 1450. The number of carboxylic acid groups (broad SMARTS) is 1. The molecule has 3 aromatic carbocycles. The van der Waals surface area contributed by atoms with Gasteiger partial charge in [-0.25, -0.2) is 13.8 Å². The van der Waals surface area contributed by atoms with Gasteiger partial charge in [0, 0.05) is 27.9 Å². The molecule has 0 radical (unpaired) electrons. The van der Waals surface area contributed by atoms with Gasteiger partial charge in [0.1, 0.15) is 0 Å². The highest BCUT2D eigenvalue weighted by Crippen LogP contribution is 2.46. The molecule has 7 heteroatoms. The zero-order valence-electron chi connectivity index (χ0n) is 18.6. The molecule has 1 aromatic heterocycles. The van der Waals surface area contributed by atoms with Crippen LogP contribution in [0.25, 0.3) is 23.1 Å². The molecule has 3 nitrogen and oxygen atoms in total. The largest absolute Gasteiger partial charge is 0.481 e. The highest BCUT2D eigenvalue weighted by atomic mass is 32.2. The summed E-state index contributed by atoms with van der Waals surface area (Å²) in [6, 6.07) is 20.4. The Balaban J connectivity index is 1.47. The fourth-order valence-corrected chi connectivity index (χ4v) is 6.57.